The van der Waals surface area contributed by atoms with Crippen LogP contribution in [-0.4, -0.2) is 11.5 Å². The third-order valence-electron chi connectivity index (χ3n) is 3.32. The van der Waals surface area contributed by atoms with Gasteiger partial charge in [0.15, 0.2) is 0 Å². The molecule has 1 aromatic heterocycles. The Hall–Kier alpha value is -1.84. The van der Waals surface area contributed by atoms with E-state index in [0.717, 1.165) is 18.1 Å². The number of nitrogens with one attached hydrogen (secondary N) is 1. The molecule has 0 unspecified atom stereocenters. The summed E-state index contributed by atoms with van der Waals surface area (Å²) in [6, 6.07) is 19.2. The van der Waals surface area contributed by atoms with Gasteiger partial charge in [-0.2, -0.15) is 0 Å². The first-order valence-electron chi connectivity index (χ1n) is 7.17. The zero-order valence-electron chi connectivity index (χ0n) is 12.0. The molecule has 2 nitrogen and oxygen atoms in total. The maximum absolute atomic E-state index is 4.53. The predicted molar refractivity (Wildman–Crippen MR) is 89.7 cm³/mol. The number of aromatic nitrogens is 1. The third-order valence-corrected chi connectivity index (χ3v) is 4.26. The predicted octanol–water partition coefficient (Wildman–Crippen LogP) is 4.50. The van der Waals surface area contributed by atoms with Gasteiger partial charge in [0.2, 0.25) is 0 Å². The zero-order chi connectivity index (χ0) is 14.5. The molecular weight excluding hydrogens is 276 g/mol. The van der Waals surface area contributed by atoms with Crippen molar-refractivity contribution >= 4 is 22.5 Å². The van der Waals surface area contributed by atoms with Crippen molar-refractivity contribution in [2.45, 2.75) is 23.4 Å². The molecule has 0 radical (unpaired) electrons. The van der Waals surface area contributed by atoms with Crippen molar-refractivity contribution in [2.24, 2.45) is 0 Å². The molecule has 1 heterocycles. The van der Waals surface area contributed by atoms with Crippen LogP contribution >= 0.6 is 11.8 Å². The summed E-state index contributed by atoms with van der Waals surface area (Å²) in [7, 11) is 0. The fraction of sp³-hybridized carbons (Fsp3) is 0.167. The van der Waals surface area contributed by atoms with Gasteiger partial charge in [-0.3, -0.25) is 0 Å². The molecule has 0 saturated heterocycles. The first-order valence-corrected chi connectivity index (χ1v) is 7.99. The van der Waals surface area contributed by atoms with E-state index in [1.54, 1.807) is 11.8 Å². The van der Waals surface area contributed by atoms with Crippen molar-refractivity contribution in [3.05, 3.63) is 66.4 Å². The topological polar surface area (TPSA) is 24.9 Å². The van der Waals surface area contributed by atoms with E-state index in [2.05, 4.69) is 71.8 Å². The molecule has 0 aliphatic heterocycles. The van der Waals surface area contributed by atoms with E-state index in [9.17, 15) is 0 Å². The number of nitrogens with zero attached hydrogens (tertiary/aromatic N) is 1. The number of rotatable bonds is 5. The van der Waals surface area contributed by atoms with Gasteiger partial charge in [0.1, 0.15) is 5.03 Å². The van der Waals surface area contributed by atoms with E-state index in [0.29, 0.717) is 0 Å². The maximum Gasteiger partial charge on any atom is 0.101 e. The highest BCUT2D eigenvalue weighted by Crippen LogP contribution is 2.28. The second-order valence-corrected chi connectivity index (χ2v) is 5.99. The van der Waals surface area contributed by atoms with Crippen LogP contribution in [0.25, 0.3) is 10.8 Å². The number of hydrogen-bond acceptors (Lipinski definition) is 3. The lowest BCUT2D eigenvalue weighted by molar-refractivity contribution is 0.723. The molecule has 106 valence electrons. The highest BCUT2D eigenvalue weighted by Gasteiger charge is 2.01. The lowest BCUT2D eigenvalue weighted by Crippen LogP contribution is -2.11. The second kappa shape index (κ2) is 6.74. The van der Waals surface area contributed by atoms with Gasteiger partial charge >= 0.3 is 0 Å². The Kier molecular flexibility index (Phi) is 4.53. The molecule has 0 atom stereocenters. The average Bonchev–Trinajstić information content (AvgIpc) is 2.54. The molecule has 0 saturated carbocycles. The molecule has 0 aliphatic rings. The highest BCUT2D eigenvalue weighted by atomic mass is 32.2. The molecule has 1 N–H and O–H groups in total. The van der Waals surface area contributed by atoms with Crippen LogP contribution in [0.1, 0.15) is 12.5 Å². The van der Waals surface area contributed by atoms with E-state index in [-0.39, 0.29) is 0 Å². The smallest absolute Gasteiger partial charge is 0.101 e. The minimum atomic E-state index is 0.879. The fourth-order valence-corrected chi connectivity index (χ4v) is 3.00. The number of fused-ring (bicyclic) bond motifs is 1. The number of benzene rings is 2. The van der Waals surface area contributed by atoms with Gasteiger partial charge in [0.25, 0.3) is 0 Å². The largest absolute Gasteiger partial charge is 0.313 e. The Morgan fingerprint density at radius 2 is 1.86 bits per heavy atom. The maximum atomic E-state index is 4.53. The van der Waals surface area contributed by atoms with Crippen LogP contribution in [0.5, 0.6) is 0 Å². The summed E-state index contributed by atoms with van der Waals surface area (Å²) in [5, 5.41) is 6.88. The van der Waals surface area contributed by atoms with Crippen molar-refractivity contribution in [2.75, 3.05) is 6.54 Å². The molecular formula is C18H18N2S. The standard InChI is InChI=1S/C18H18N2S/c1-2-19-12-14-7-10-18(20-13-14)21-17-9-8-15-5-3-4-6-16(15)11-17/h3-11,13,19H,2,12H2,1H3. The van der Waals surface area contributed by atoms with Crippen molar-refractivity contribution in [1.29, 1.82) is 0 Å². The first kappa shape index (κ1) is 14.1. The number of pyridine rings is 1. The van der Waals surface area contributed by atoms with Gasteiger partial charge in [0.05, 0.1) is 0 Å². The molecule has 3 rings (SSSR count). The van der Waals surface area contributed by atoms with E-state index >= 15 is 0 Å². The van der Waals surface area contributed by atoms with Crippen LogP contribution in [0.4, 0.5) is 0 Å². The molecule has 3 heteroatoms. The SMILES string of the molecule is CCNCc1ccc(Sc2ccc3ccccc3c2)nc1. The van der Waals surface area contributed by atoms with Crippen molar-refractivity contribution in [3.8, 4) is 0 Å². The van der Waals surface area contributed by atoms with E-state index < -0.39 is 0 Å². The normalized spacial score (nSPS) is 10.9. The van der Waals surface area contributed by atoms with Crippen molar-refractivity contribution in [1.82, 2.24) is 10.3 Å². The molecule has 21 heavy (non-hydrogen) atoms. The zero-order valence-corrected chi connectivity index (χ0v) is 12.9. The van der Waals surface area contributed by atoms with Crippen LogP contribution in [0, 0.1) is 0 Å². The second-order valence-electron chi connectivity index (χ2n) is 4.90. The average molecular weight is 294 g/mol. The van der Waals surface area contributed by atoms with E-state index in [1.165, 1.54) is 21.2 Å². The molecule has 0 bridgehead atoms. The van der Waals surface area contributed by atoms with Crippen molar-refractivity contribution in [3.63, 3.8) is 0 Å². The Labute approximate surface area is 129 Å². The quantitative estimate of drug-likeness (QED) is 0.750. The van der Waals surface area contributed by atoms with Gasteiger partial charge < -0.3 is 5.32 Å². The molecule has 0 amide bonds. The summed E-state index contributed by atoms with van der Waals surface area (Å²) in [5.74, 6) is 0. The van der Waals surface area contributed by atoms with E-state index in [4.69, 9.17) is 0 Å². The summed E-state index contributed by atoms with van der Waals surface area (Å²) in [4.78, 5) is 5.75. The molecule has 0 spiro atoms. The monoisotopic (exact) mass is 294 g/mol. The van der Waals surface area contributed by atoms with E-state index in [1.807, 2.05) is 6.20 Å². The van der Waals surface area contributed by atoms with Crippen LogP contribution in [0.3, 0.4) is 0 Å². The van der Waals surface area contributed by atoms with Gasteiger partial charge in [-0.05, 0) is 41.1 Å². The van der Waals surface area contributed by atoms with Gasteiger partial charge in [-0.1, -0.05) is 55.1 Å². The van der Waals surface area contributed by atoms with Gasteiger partial charge in [0, 0.05) is 17.6 Å². The van der Waals surface area contributed by atoms with Crippen LogP contribution in [0.2, 0.25) is 0 Å². The molecule has 0 fully saturated rings. The number of hydrogen-bond donors (Lipinski definition) is 1. The summed E-state index contributed by atoms with van der Waals surface area (Å²) >= 11 is 1.70. The lowest BCUT2D eigenvalue weighted by Gasteiger charge is -2.05. The summed E-state index contributed by atoms with van der Waals surface area (Å²) in [5.41, 5.74) is 1.22. The van der Waals surface area contributed by atoms with Crippen LogP contribution in [0.15, 0.2) is 70.7 Å². The Morgan fingerprint density at radius 3 is 2.62 bits per heavy atom. The molecule has 3 aromatic rings. The summed E-state index contributed by atoms with van der Waals surface area (Å²) in [6.45, 7) is 3.97. The van der Waals surface area contributed by atoms with Crippen LogP contribution in [-0.2, 0) is 6.54 Å². The summed E-state index contributed by atoms with van der Waals surface area (Å²) in [6.07, 6.45) is 1.95. The highest BCUT2D eigenvalue weighted by molar-refractivity contribution is 7.99. The van der Waals surface area contributed by atoms with Crippen molar-refractivity contribution < 1.29 is 0 Å². The Balaban J connectivity index is 1.75. The van der Waals surface area contributed by atoms with Crippen LogP contribution < -0.4 is 5.32 Å². The minimum absolute atomic E-state index is 0.879. The molecule has 2 aromatic carbocycles. The molecule has 0 aliphatic carbocycles. The third kappa shape index (κ3) is 3.63. The van der Waals surface area contributed by atoms with Gasteiger partial charge in [-0.15, -0.1) is 0 Å². The Bertz CT molecular complexity index is 723. The first-order chi connectivity index (χ1) is 10.3. The Morgan fingerprint density at radius 1 is 1.00 bits per heavy atom. The summed E-state index contributed by atoms with van der Waals surface area (Å²) < 4.78 is 0. The minimum Gasteiger partial charge on any atom is -0.313 e. The fourth-order valence-electron chi connectivity index (χ4n) is 2.20. The van der Waals surface area contributed by atoms with Gasteiger partial charge in [-0.25, -0.2) is 4.98 Å². The lowest BCUT2D eigenvalue weighted by atomic mass is 10.1.